The van der Waals surface area contributed by atoms with Gasteiger partial charge >= 0.3 is 23.9 Å². The molecular weight excluding hydrogens is 508 g/mol. The predicted octanol–water partition coefficient (Wildman–Crippen LogP) is 0.260. The van der Waals surface area contributed by atoms with Gasteiger partial charge in [0.2, 0.25) is 0 Å². The Bertz CT molecular complexity index is 998. The second-order valence-electron chi connectivity index (χ2n) is 6.46. The van der Waals surface area contributed by atoms with Gasteiger partial charge in [-0.1, -0.05) is 5.16 Å². The van der Waals surface area contributed by atoms with E-state index in [9.17, 15) is 19.2 Å². The maximum Gasteiger partial charge on any atom is 0.328 e. The lowest BCUT2D eigenvalue weighted by Gasteiger charge is -2.08. The highest BCUT2D eigenvalue weighted by molar-refractivity contribution is 6.00. The minimum absolute atomic E-state index is 0. The van der Waals surface area contributed by atoms with Crippen LogP contribution in [0.1, 0.15) is 12.0 Å². The highest BCUT2D eigenvalue weighted by Crippen LogP contribution is 2.14. The quantitative estimate of drug-likeness (QED) is 0.105. The molecule has 15 heteroatoms. The van der Waals surface area contributed by atoms with Gasteiger partial charge in [-0.05, 0) is 29.8 Å². The predicted molar refractivity (Wildman–Crippen MR) is 134 cm³/mol. The molecule has 2 aromatic rings. The lowest BCUT2D eigenvalue weighted by molar-refractivity contribution is -0.134. The third-order valence-corrected chi connectivity index (χ3v) is 3.71. The van der Waals surface area contributed by atoms with Gasteiger partial charge in [-0.3, -0.25) is 0 Å². The molecule has 0 bridgehead atoms. The number of aromatic nitrogens is 2. The van der Waals surface area contributed by atoms with Gasteiger partial charge < -0.3 is 45.8 Å². The minimum atomic E-state index is -1.26. The number of carboxylic acid groups (broad SMARTS) is 4. The van der Waals surface area contributed by atoms with E-state index in [0.717, 1.165) is 30.0 Å². The molecule has 0 aliphatic heterocycles. The summed E-state index contributed by atoms with van der Waals surface area (Å²) in [7, 11) is 1.65. The number of benzene rings is 1. The van der Waals surface area contributed by atoms with Crippen LogP contribution in [0.3, 0.4) is 0 Å². The molecule has 0 aliphatic carbocycles. The number of aliphatic carboxylic acids is 4. The summed E-state index contributed by atoms with van der Waals surface area (Å²) in [6, 6.07) is 7.75. The smallest absolute Gasteiger partial charge is 0.328 e. The van der Waals surface area contributed by atoms with Crippen LogP contribution >= 0.6 is 0 Å². The van der Waals surface area contributed by atoms with E-state index in [1.807, 2.05) is 35.0 Å². The van der Waals surface area contributed by atoms with Gasteiger partial charge in [-0.15, -0.1) is 0 Å². The standard InChI is InChI=1S/C15H20N4O2.2C4H4O4.H2O/c1-20-14-4-2-13(3-5-14)15(18-21-11-7-16)6-9-19-10-8-17-12-19;2*5-3(6)1-2-4(7)8;/h2-5,8,10,12H,6-7,9,11,16H2,1H3;2*1-2H,(H,5,6)(H,7,8);1H2. The highest BCUT2D eigenvalue weighted by atomic mass is 16.6. The van der Waals surface area contributed by atoms with E-state index in [4.69, 9.17) is 35.7 Å². The zero-order valence-corrected chi connectivity index (χ0v) is 20.3. The van der Waals surface area contributed by atoms with Crippen LogP contribution in [0.15, 0.2) is 72.4 Å². The van der Waals surface area contributed by atoms with E-state index in [-0.39, 0.29) is 5.48 Å². The van der Waals surface area contributed by atoms with E-state index in [0.29, 0.717) is 37.5 Å². The Morgan fingerprint density at radius 1 is 0.947 bits per heavy atom. The zero-order chi connectivity index (χ0) is 28.1. The van der Waals surface area contributed by atoms with Crippen molar-refractivity contribution < 1.29 is 54.7 Å². The molecule has 0 saturated carbocycles. The third-order valence-electron chi connectivity index (χ3n) is 3.71. The van der Waals surface area contributed by atoms with Crippen LogP contribution in [0.5, 0.6) is 5.75 Å². The minimum Gasteiger partial charge on any atom is -0.497 e. The molecule has 38 heavy (non-hydrogen) atoms. The molecule has 8 N–H and O–H groups in total. The first-order valence-corrected chi connectivity index (χ1v) is 10.4. The van der Waals surface area contributed by atoms with Gasteiger partial charge in [0.25, 0.3) is 0 Å². The van der Waals surface area contributed by atoms with E-state index >= 15 is 0 Å². The van der Waals surface area contributed by atoms with Crippen LogP contribution in [-0.2, 0) is 30.6 Å². The van der Waals surface area contributed by atoms with Crippen molar-refractivity contribution in [2.75, 3.05) is 20.3 Å². The molecule has 1 aromatic carbocycles. The van der Waals surface area contributed by atoms with Crippen molar-refractivity contribution in [3.8, 4) is 5.75 Å². The number of hydrogen-bond donors (Lipinski definition) is 5. The van der Waals surface area contributed by atoms with Gasteiger partial charge in [-0.25, -0.2) is 24.2 Å². The maximum atomic E-state index is 9.55. The van der Waals surface area contributed by atoms with Crippen molar-refractivity contribution >= 4 is 29.6 Å². The molecule has 0 aliphatic rings. The summed E-state index contributed by atoms with van der Waals surface area (Å²) in [6.45, 7) is 1.64. The van der Waals surface area contributed by atoms with Crippen molar-refractivity contribution in [2.45, 2.75) is 13.0 Å². The molecular formula is C23H30N4O11. The molecule has 1 heterocycles. The second-order valence-corrected chi connectivity index (χ2v) is 6.46. The van der Waals surface area contributed by atoms with Crippen LogP contribution in [0.2, 0.25) is 0 Å². The number of ether oxygens (including phenoxy) is 1. The van der Waals surface area contributed by atoms with Crippen LogP contribution in [0, 0.1) is 0 Å². The Morgan fingerprint density at radius 2 is 1.45 bits per heavy atom. The number of methoxy groups -OCH3 is 1. The first-order valence-electron chi connectivity index (χ1n) is 10.4. The molecule has 0 radical (unpaired) electrons. The molecule has 0 atom stereocenters. The Labute approximate surface area is 217 Å². The first kappa shape index (κ1) is 35.1. The summed E-state index contributed by atoms with van der Waals surface area (Å²) in [5, 5.41) is 35.4. The molecule has 0 unspecified atom stereocenters. The fraction of sp³-hybridized carbons (Fsp3) is 0.217. The summed E-state index contributed by atoms with van der Waals surface area (Å²) in [6.07, 6.45) is 8.44. The number of nitrogens with zero attached hydrogens (tertiary/aromatic N) is 3. The average Bonchev–Trinajstić information content (AvgIpc) is 3.38. The molecule has 0 amide bonds. The topological polar surface area (TPSA) is 255 Å². The number of oxime groups is 1. The Kier molecular flexibility index (Phi) is 19.7. The summed E-state index contributed by atoms with van der Waals surface area (Å²) >= 11 is 0. The SMILES string of the molecule is COc1ccc(C(CCn2ccnc2)=NOCCN)cc1.O.O=C(O)C=CC(=O)O.O=C(O)C=CC(=O)O. The largest absolute Gasteiger partial charge is 0.497 e. The fourth-order valence-corrected chi connectivity index (χ4v) is 2.14. The van der Waals surface area contributed by atoms with Crippen LogP contribution in [0.25, 0.3) is 0 Å². The average molecular weight is 539 g/mol. The molecule has 2 rings (SSSR count). The van der Waals surface area contributed by atoms with Crippen LogP contribution in [-0.4, -0.2) is 85.3 Å². The molecule has 15 nitrogen and oxygen atoms in total. The van der Waals surface area contributed by atoms with Crippen LogP contribution < -0.4 is 10.5 Å². The van der Waals surface area contributed by atoms with Gasteiger partial charge in [0.1, 0.15) is 12.4 Å². The van der Waals surface area contributed by atoms with Gasteiger partial charge in [0.15, 0.2) is 0 Å². The molecule has 0 fully saturated rings. The number of imidazole rings is 1. The monoisotopic (exact) mass is 538 g/mol. The fourth-order valence-electron chi connectivity index (χ4n) is 2.14. The molecule has 0 spiro atoms. The number of carbonyl (C=O) groups is 4. The number of hydrogen-bond acceptors (Lipinski definition) is 9. The molecule has 208 valence electrons. The lowest BCUT2D eigenvalue weighted by atomic mass is 10.1. The van der Waals surface area contributed by atoms with E-state index in [1.165, 1.54) is 0 Å². The number of nitrogens with two attached hydrogens (primary N) is 1. The van der Waals surface area contributed by atoms with Crippen molar-refractivity contribution in [2.24, 2.45) is 10.9 Å². The number of rotatable bonds is 12. The second kappa shape index (κ2) is 21.3. The summed E-state index contributed by atoms with van der Waals surface area (Å²) in [5.74, 6) is -4.21. The van der Waals surface area contributed by atoms with Crippen molar-refractivity contribution in [3.63, 3.8) is 0 Å². The van der Waals surface area contributed by atoms with E-state index in [2.05, 4.69) is 10.1 Å². The summed E-state index contributed by atoms with van der Waals surface area (Å²) < 4.78 is 7.17. The third kappa shape index (κ3) is 19.3. The van der Waals surface area contributed by atoms with E-state index < -0.39 is 23.9 Å². The summed E-state index contributed by atoms with van der Waals surface area (Å²) in [4.78, 5) is 47.5. The molecule has 1 aromatic heterocycles. The van der Waals surface area contributed by atoms with Crippen molar-refractivity contribution in [1.29, 1.82) is 0 Å². The number of aryl methyl sites for hydroxylation is 1. The van der Waals surface area contributed by atoms with Gasteiger partial charge in [0, 0.05) is 56.2 Å². The van der Waals surface area contributed by atoms with Crippen molar-refractivity contribution in [3.05, 3.63) is 72.9 Å². The van der Waals surface area contributed by atoms with Gasteiger partial charge in [0.05, 0.1) is 19.1 Å². The first-order chi connectivity index (χ1) is 17.6. The summed E-state index contributed by atoms with van der Waals surface area (Å²) in [5.41, 5.74) is 7.30. The van der Waals surface area contributed by atoms with E-state index in [1.54, 1.807) is 19.6 Å². The molecule has 0 saturated heterocycles. The maximum absolute atomic E-state index is 9.55. The highest BCUT2D eigenvalue weighted by Gasteiger charge is 2.06. The van der Waals surface area contributed by atoms with Crippen LogP contribution in [0.4, 0.5) is 0 Å². The lowest BCUT2D eigenvalue weighted by Crippen LogP contribution is -2.10. The number of carboxylic acids is 4. The Hall–Kier alpha value is -5.02. The normalized spacial score (nSPS) is 10.3. The van der Waals surface area contributed by atoms with Gasteiger partial charge in [-0.2, -0.15) is 0 Å². The Balaban J connectivity index is 0. The Morgan fingerprint density at radius 3 is 1.82 bits per heavy atom. The zero-order valence-electron chi connectivity index (χ0n) is 20.3. The van der Waals surface area contributed by atoms with Crippen molar-refractivity contribution in [1.82, 2.24) is 9.55 Å².